The number of unbranched alkanes of at least 4 members (excludes halogenated alkanes) is 9. The van der Waals surface area contributed by atoms with Crippen molar-refractivity contribution in [3.63, 3.8) is 0 Å². The fraction of sp³-hybridized carbons (Fsp3) is 0.720. The summed E-state index contributed by atoms with van der Waals surface area (Å²) in [7, 11) is 0. The number of piperidine rings is 1. The number of nitro groups is 1. The lowest BCUT2D eigenvalue weighted by Crippen LogP contribution is -2.29. The van der Waals surface area contributed by atoms with E-state index in [0.29, 0.717) is 12.1 Å². The van der Waals surface area contributed by atoms with E-state index in [1.165, 1.54) is 63.9 Å². The van der Waals surface area contributed by atoms with Crippen molar-refractivity contribution in [3.05, 3.63) is 33.9 Å². The van der Waals surface area contributed by atoms with Crippen LogP contribution in [0, 0.1) is 10.1 Å². The molecule has 2 rings (SSSR count). The maximum Gasteiger partial charge on any atom is 0.407 e. The lowest BCUT2D eigenvalue weighted by atomic mass is 10.1. The van der Waals surface area contributed by atoms with Crippen LogP contribution in [0.2, 0.25) is 0 Å². The van der Waals surface area contributed by atoms with E-state index < -0.39 is 11.0 Å². The van der Waals surface area contributed by atoms with Crippen LogP contribution in [0.5, 0.6) is 0 Å². The van der Waals surface area contributed by atoms with Crippen molar-refractivity contribution in [1.82, 2.24) is 5.32 Å². The van der Waals surface area contributed by atoms with Crippen molar-refractivity contribution in [2.75, 3.05) is 24.5 Å². The van der Waals surface area contributed by atoms with Gasteiger partial charge in [-0.25, -0.2) is 4.79 Å². The maximum absolute atomic E-state index is 12.0. The Morgan fingerprint density at radius 3 is 2.25 bits per heavy atom. The van der Waals surface area contributed by atoms with E-state index in [1.54, 1.807) is 12.1 Å². The van der Waals surface area contributed by atoms with Gasteiger partial charge in [-0.05, 0) is 37.8 Å². The molecule has 0 aromatic heterocycles. The molecule has 1 amide bonds. The Hall–Kier alpha value is -2.31. The molecule has 32 heavy (non-hydrogen) atoms. The molecule has 180 valence electrons. The third kappa shape index (κ3) is 9.88. The van der Waals surface area contributed by atoms with Crippen LogP contribution in [0.15, 0.2) is 18.2 Å². The van der Waals surface area contributed by atoms with Crippen molar-refractivity contribution in [2.45, 2.75) is 97.0 Å². The zero-order valence-corrected chi connectivity index (χ0v) is 19.8. The van der Waals surface area contributed by atoms with Crippen molar-refractivity contribution >= 4 is 17.5 Å². The van der Waals surface area contributed by atoms with Gasteiger partial charge in [0.05, 0.1) is 10.5 Å². The molecule has 0 atom stereocenters. The third-order valence-electron chi connectivity index (χ3n) is 6.14. The summed E-state index contributed by atoms with van der Waals surface area (Å²) in [5.41, 5.74) is 1.39. The van der Waals surface area contributed by atoms with Gasteiger partial charge >= 0.3 is 6.09 Å². The number of rotatable bonds is 15. The second kappa shape index (κ2) is 15.5. The highest BCUT2D eigenvalue weighted by Gasteiger charge is 2.19. The minimum Gasteiger partial charge on any atom is -0.444 e. The average molecular weight is 448 g/mol. The Morgan fingerprint density at radius 2 is 1.62 bits per heavy atom. The highest BCUT2D eigenvalue weighted by molar-refractivity contribution is 5.67. The molecular weight excluding hydrogens is 406 g/mol. The maximum atomic E-state index is 12.0. The number of anilines is 1. The highest BCUT2D eigenvalue weighted by atomic mass is 16.6. The molecule has 0 aliphatic carbocycles. The Labute approximate surface area is 193 Å². The first kappa shape index (κ1) is 25.9. The van der Waals surface area contributed by atoms with E-state index in [2.05, 4.69) is 17.1 Å². The second-order valence-corrected chi connectivity index (χ2v) is 8.80. The Bertz CT molecular complexity index is 690. The van der Waals surface area contributed by atoms with E-state index >= 15 is 0 Å². The fourth-order valence-electron chi connectivity index (χ4n) is 4.21. The lowest BCUT2D eigenvalue weighted by molar-refractivity contribution is -0.385. The standard InChI is InChI=1S/C25H41N3O4/c1-2-3-4-5-6-7-8-9-10-12-17-26-25(29)32-21-22-20-23(15-16-24(22)28(30)31)27-18-13-11-14-19-27/h15-16,20H,2-14,17-19,21H2,1H3,(H,26,29). The summed E-state index contributed by atoms with van der Waals surface area (Å²) in [4.78, 5) is 25.2. The summed E-state index contributed by atoms with van der Waals surface area (Å²) in [6.07, 6.45) is 15.4. The summed E-state index contributed by atoms with van der Waals surface area (Å²) in [6, 6.07) is 5.10. The summed E-state index contributed by atoms with van der Waals surface area (Å²) < 4.78 is 5.28. The topological polar surface area (TPSA) is 84.7 Å². The van der Waals surface area contributed by atoms with Gasteiger partial charge in [-0.1, -0.05) is 64.7 Å². The lowest BCUT2D eigenvalue weighted by Gasteiger charge is -2.29. The van der Waals surface area contributed by atoms with Crippen LogP contribution in [-0.4, -0.2) is 30.7 Å². The molecule has 0 unspecified atom stereocenters. The number of nitrogens with one attached hydrogen (secondary N) is 1. The number of benzene rings is 1. The van der Waals surface area contributed by atoms with E-state index in [-0.39, 0.29) is 12.3 Å². The number of amides is 1. The molecular formula is C25H41N3O4. The molecule has 7 nitrogen and oxygen atoms in total. The summed E-state index contributed by atoms with van der Waals surface area (Å²) in [6.45, 7) is 4.63. The molecule has 1 aromatic carbocycles. The molecule has 0 spiro atoms. The number of hydrogen-bond donors (Lipinski definition) is 1. The zero-order chi connectivity index (χ0) is 23.0. The minimum atomic E-state index is -0.515. The minimum absolute atomic E-state index is 0.00625. The molecule has 0 saturated carbocycles. The average Bonchev–Trinajstić information content (AvgIpc) is 2.81. The monoisotopic (exact) mass is 447 g/mol. The molecule has 0 bridgehead atoms. The SMILES string of the molecule is CCCCCCCCCCCCNC(=O)OCc1cc(N2CCCCC2)ccc1[N+](=O)[O-]. The quantitative estimate of drug-likeness (QED) is 0.183. The first-order chi connectivity index (χ1) is 15.6. The molecule has 1 heterocycles. The Balaban J connectivity index is 1.64. The molecule has 1 fully saturated rings. The second-order valence-electron chi connectivity index (χ2n) is 8.80. The van der Waals surface area contributed by atoms with Gasteiger partial charge in [0, 0.05) is 31.4 Å². The highest BCUT2D eigenvalue weighted by Crippen LogP contribution is 2.27. The molecule has 1 aliphatic rings. The predicted octanol–water partition coefficient (Wildman–Crippen LogP) is 6.73. The molecule has 1 N–H and O–H groups in total. The van der Waals surface area contributed by atoms with Gasteiger partial charge in [0.25, 0.3) is 5.69 Å². The normalized spacial score (nSPS) is 13.7. The molecule has 0 radical (unpaired) electrons. The molecule has 1 saturated heterocycles. The fourth-order valence-corrected chi connectivity index (χ4v) is 4.21. The number of alkyl carbamates (subject to hydrolysis) is 1. The van der Waals surface area contributed by atoms with Crippen LogP contribution in [0.3, 0.4) is 0 Å². The summed E-state index contributed by atoms with van der Waals surface area (Å²) in [5.74, 6) is 0. The molecule has 7 heteroatoms. The molecule has 1 aliphatic heterocycles. The third-order valence-corrected chi connectivity index (χ3v) is 6.14. The Morgan fingerprint density at radius 1 is 1.00 bits per heavy atom. The van der Waals surface area contributed by atoms with Gasteiger partial charge in [-0.2, -0.15) is 0 Å². The van der Waals surface area contributed by atoms with Gasteiger partial charge in [0.1, 0.15) is 6.61 Å². The van der Waals surface area contributed by atoms with Crippen LogP contribution in [0.1, 0.15) is 96.0 Å². The van der Waals surface area contributed by atoms with Gasteiger partial charge in [-0.3, -0.25) is 10.1 Å². The van der Waals surface area contributed by atoms with Crippen LogP contribution < -0.4 is 10.2 Å². The molecule has 1 aromatic rings. The number of nitrogens with zero attached hydrogens (tertiary/aromatic N) is 2. The van der Waals surface area contributed by atoms with E-state index in [9.17, 15) is 14.9 Å². The summed E-state index contributed by atoms with van der Waals surface area (Å²) in [5, 5.41) is 14.1. The number of hydrogen-bond acceptors (Lipinski definition) is 5. The van der Waals surface area contributed by atoms with Crippen LogP contribution in [-0.2, 0) is 11.3 Å². The van der Waals surface area contributed by atoms with Crippen molar-refractivity contribution < 1.29 is 14.5 Å². The van der Waals surface area contributed by atoms with E-state index in [0.717, 1.165) is 44.5 Å². The van der Waals surface area contributed by atoms with Crippen LogP contribution in [0.4, 0.5) is 16.2 Å². The van der Waals surface area contributed by atoms with Gasteiger partial charge < -0.3 is 15.0 Å². The van der Waals surface area contributed by atoms with Crippen molar-refractivity contribution in [1.29, 1.82) is 0 Å². The smallest absolute Gasteiger partial charge is 0.407 e. The van der Waals surface area contributed by atoms with Crippen molar-refractivity contribution in [2.24, 2.45) is 0 Å². The number of carbonyl (C=O) groups is 1. The van der Waals surface area contributed by atoms with Crippen LogP contribution >= 0.6 is 0 Å². The predicted molar refractivity (Wildman–Crippen MR) is 129 cm³/mol. The van der Waals surface area contributed by atoms with Gasteiger partial charge in [-0.15, -0.1) is 0 Å². The summed E-state index contributed by atoms with van der Waals surface area (Å²) >= 11 is 0. The zero-order valence-electron chi connectivity index (χ0n) is 19.8. The van der Waals surface area contributed by atoms with E-state index in [1.807, 2.05) is 0 Å². The van der Waals surface area contributed by atoms with Crippen LogP contribution in [0.25, 0.3) is 0 Å². The van der Waals surface area contributed by atoms with Crippen molar-refractivity contribution in [3.8, 4) is 0 Å². The largest absolute Gasteiger partial charge is 0.444 e. The van der Waals surface area contributed by atoms with Gasteiger partial charge in [0.15, 0.2) is 0 Å². The number of nitro benzene ring substituents is 1. The Kier molecular flexibility index (Phi) is 12.6. The van der Waals surface area contributed by atoms with Gasteiger partial charge in [0.2, 0.25) is 0 Å². The number of ether oxygens (including phenoxy) is 1. The van der Waals surface area contributed by atoms with E-state index in [4.69, 9.17) is 4.74 Å². The number of carbonyl (C=O) groups excluding carboxylic acids is 1. The first-order valence-corrected chi connectivity index (χ1v) is 12.5. The first-order valence-electron chi connectivity index (χ1n) is 12.5.